The SMILES string of the molecule is CCCCCCCC(I)C(I)CCCCC(=O)O. The topological polar surface area (TPSA) is 37.3 Å². The van der Waals surface area contributed by atoms with Crippen LogP contribution in [0.15, 0.2) is 0 Å². The second-order valence-corrected chi connectivity index (χ2v) is 8.07. The van der Waals surface area contributed by atoms with Gasteiger partial charge in [0.2, 0.25) is 0 Å². The van der Waals surface area contributed by atoms with Crippen molar-refractivity contribution in [3.8, 4) is 0 Å². The van der Waals surface area contributed by atoms with Gasteiger partial charge in [-0.15, -0.1) is 0 Å². The Labute approximate surface area is 139 Å². The minimum atomic E-state index is -0.665. The predicted octanol–water partition coefficient (Wildman–Crippen LogP) is 5.60. The molecule has 0 radical (unpaired) electrons. The van der Waals surface area contributed by atoms with Crippen LogP contribution in [0.5, 0.6) is 0 Å². The van der Waals surface area contributed by atoms with E-state index in [1.165, 1.54) is 38.5 Å². The highest BCUT2D eigenvalue weighted by Gasteiger charge is 2.14. The van der Waals surface area contributed by atoms with Crippen molar-refractivity contribution in [3.63, 3.8) is 0 Å². The largest absolute Gasteiger partial charge is 0.481 e. The summed E-state index contributed by atoms with van der Waals surface area (Å²) < 4.78 is 1.44. The first-order chi connectivity index (χ1) is 8.57. The zero-order valence-electron chi connectivity index (χ0n) is 11.3. The van der Waals surface area contributed by atoms with E-state index in [-0.39, 0.29) is 0 Å². The van der Waals surface area contributed by atoms with Crippen LogP contribution in [0.25, 0.3) is 0 Å². The lowest BCUT2D eigenvalue weighted by Gasteiger charge is -2.16. The molecule has 1 N–H and O–H groups in total. The van der Waals surface area contributed by atoms with Crippen LogP contribution in [0.2, 0.25) is 0 Å². The molecule has 0 aromatic rings. The first kappa shape index (κ1) is 18.9. The Bertz CT molecular complexity index is 210. The van der Waals surface area contributed by atoms with E-state index < -0.39 is 5.97 Å². The molecule has 18 heavy (non-hydrogen) atoms. The molecule has 0 spiro atoms. The van der Waals surface area contributed by atoms with Crippen LogP contribution in [0.1, 0.15) is 71.1 Å². The average Bonchev–Trinajstić information content (AvgIpc) is 2.33. The number of hydrogen-bond acceptors (Lipinski definition) is 1. The van der Waals surface area contributed by atoms with E-state index in [2.05, 4.69) is 52.1 Å². The molecule has 108 valence electrons. The van der Waals surface area contributed by atoms with Crippen LogP contribution in [-0.4, -0.2) is 18.9 Å². The van der Waals surface area contributed by atoms with Gasteiger partial charge in [0, 0.05) is 14.3 Å². The van der Waals surface area contributed by atoms with Crippen molar-refractivity contribution in [2.45, 2.75) is 79.0 Å². The van der Waals surface area contributed by atoms with Crippen LogP contribution in [0, 0.1) is 0 Å². The van der Waals surface area contributed by atoms with Crippen molar-refractivity contribution < 1.29 is 9.90 Å². The van der Waals surface area contributed by atoms with E-state index in [1.54, 1.807) is 0 Å². The molecule has 0 heterocycles. The molecule has 0 aliphatic carbocycles. The second kappa shape index (κ2) is 12.9. The Morgan fingerprint density at radius 3 is 1.94 bits per heavy atom. The van der Waals surface area contributed by atoms with Crippen LogP contribution in [0.3, 0.4) is 0 Å². The number of carbonyl (C=O) groups is 1. The zero-order chi connectivity index (χ0) is 13.8. The predicted molar refractivity (Wildman–Crippen MR) is 95.1 cm³/mol. The summed E-state index contributed by atoms with van der Waals surface area (Å²) in [6.07, 6.45) is 11.5. The van der Waals surface area contributed by atoms with Gasteiger partial charge in [-0.3, -0.25) is 4.79 Å². The monoisotopic (exact) mass is 480 g/mol. The van der Waals surface area contributed by atoms with E-state index in [0.29, 0.717) is 10.3 Å². The molecule has 2 nitrogen and oxygen atoms in total. The Morgan fingerprint density at radius 1 is 0.944 bits per heavy atom. The third-order valence-electron chi connectivity index (χ3n) is 3.10. The summed E-state index contributed by atoms with van der Waals surface area (Å²) in [6.45, 7) is 2.25. The highest BCUT2D eigenvalue weighted by atomic mass is 127. The van der Waals surface area contributed by atoms with Gasteiger partial charge < -0.3 is 5.11 Å². The summed E-state index contributed by atoms with van der Waals surface area (Å²) in [5.74, 6) is -0.665. The van der Waals surface area contributed by atoms with Crippen molar-refractivity contribution in [1.29, 1.82) is 0 Å². The summed E-state index contributed by atoms with van der Waals surface area (Å²) in [4.78, 5) is 10.4. The first-order valence-electron chi connectivity index (χ1n) is 7.07. The van der Waals surface area contributed by atoms with E-state index in [9.17, 15) is 4.79 Å². The summed E-state index contributed by atoms with van der Waals surface area (Å²) in [5, 5.41) is 8.57. The van der Waals surface area contributed by atoms with Crippen molar-refractivity contribution in [3.05, 3.63) is 0 Å². The van der Waals surface area contributed by atoms with Gasteiger partial charge in [-0.25, -0.2) is 0 Å². The molecule has 0 aliphatic heterocycles. The summed E-state index contributed by atoms with van der Waals surface area (Å²) in [5.41, 5.74) is 0. The standard InChI is InChI=1S/C14H26I2O2/c1-2-3-4-5-6-9-12(15)13(16)10-7-8-11-14(17)18/h12-13H,2-11H2,1H3,(H,17,18). The lowest BCUT2D eigenvalue weighted by molar-refractivity contribution is -0.137. The molecule has 0 fully saturated rings. The molecular formula is C14H26I2O2. The molecule has 0 rings (SSSR count). The van der Waals surface area contributed by atoms with Gasteiger partial charge in [-0.05, 0) is 19.3 Å². The van der Waals surface area contributed by atoms with Crippen LogP contribution in [0.4, 0.5) is 0 Å². The third-order valence-corrected chi connectivity index (χ3v) is 7.45. The number of unbranched alkanes of at least 4 members (excludes halogenated alkanes) is 5. The van der Waals surface area contributed by atoms with Crippen molar-refractivity contribution >= 4 is 51.2 Å². The fraction of sp³-hybridized carbons (Fsp3) is 0.929. The number of rotatable bonds is 12. The van der Waals surface area contributed by atoms with Gasteiger partial charge in [0.15, 0.2) is 0 Å². The molecule has 2 unspecified atom stereocenters. The van der Waals surface area contributed by atoms with Gasteiger partial charge in [-0.2, -0.15) is 0 Å². The van der Waals surface area contributed by atoms with Crippen LogP contribution in [-0.2, 0) is 4.79 Å². The number of carboxylic acids is 1. The smallest absolute Gasteiger partial charge is 0.303 e. The highest BCUT2D eigenvalue weighted by molar-refractivity contribution is 14.1. The highest BCUT2D eigenvalue weighted by Crippen LogP contribution is 2.26. The molecule has 2 atom stereocenters. The fourth-order valence-corrected chi connectivity index (χ4v) is 3.52. The summed E-state index contributed by atoms with van der Waals surface area (Å²) in [6, 6.07) is 0. The number of alkyl halides is 2. The summed E-state index contributed by atoms with van der Waals surface area (Å²) >= 11 is 5.11. The molecule has 0 saturated heterocycles. The van der Waals surface area contributed by atoms with Gasteiger partial charge in [0.1, 0.15) is 0 Å². The molecule has 0 aromatic carbocycles. The summed E-state index contributed by atoms with van der Waals surface area (Å²) in [7, 11) is 0. The lowest BCUT2D eigenvalue weighted by atomic mass is 10.1. The Morgan fingerprint density at radius 2 is 1.44 bits per heavy atom. The second-order valence-electron chi connectivity index (χ2n) is 4.87. The Hall–Kier alpha value is 0.930. The van der Waals surface area contributed by atoms with Gasteiger partial charge >= 0.3 is 5.97 Å². The molecular weight excluding hydrogens is 454 g/mol. The maximum absolute atomic E-state index is 10.4. The molecule has 0 bridgehead atoms. The first-order valence-corrected chi connectivity index (χ1v) is 9.57. The van der Waals surface area contributed by atoms with Gasteiger partial charge in [-0.1, -0.05) is 90.6 Å². The third kappa shape index (κ3) is 12.0. The molecule has 0 aromatic heterocycles. The molecule has 0 saturated carbocycles. The van der Waals surface area contributed by atoms with E-state index in [4.69, 9.17) is 5.11 Å². The fourth-order valence-electron chi connectivity index (χ4n) is 1.92. The van der Waals surface area contributed by atoms with Gasteiger partial charge in [0.05, 0.1) is 0 Å². The van der Waals surface area contributed by atoms with Gasteiger partial charge in [0.25, 0.3) is 0 Å². The van der Waals surface area contributed by atoms with E-state index in [0.717, 1.165) is 23.2 Å². The number of hydrogen-bond donors (Lipinski definition) is 1. The molecule has 0 aliphatic rings. The number of carboxylic acid groups (broad SMARTS) is 1. The molecule has 4 heteroatoms. The normalized spacial score (nSPS) is 14.4. The van der Waals surface area contributed by atoms with Crippen LogP contribution < -0.4 is 0 Å². The van der Waals surface area contributed by atoms with Crippen molar-refractivity contribution in [2.75, 3.05) is 0 Å². The minimum Gasteiger partial charge on any atom is -0.481 e. The minimum absolute atomic E-state index is 0.326. The Balaban J connectivity index is 3.44. The van der Waals surface area contributed by atoms with Crippen molar-refractivity contribution in [2.24, 2.45) is 0 Å². The van der Waals surface area contributed by atoms with Crippen molar-refractivity contribution in [1.82, 2.24) is 0 Å². The lowest BCUT2D eigenvalue weighted by Crippen LogP contribution is -2.13. The van der Waals surface area contributed by atoms with Crippen LogP contribution >= 0.6 is 45.2 Å². The maximum atomic E-state index is 10.4. The van der Waals surface area contributed by atoms with E-state index in [1.807, 2.05) is 0 Å². The van der Waals surface area contributed by atoms with E-state index >= 15 is 0 Å². The number of halogens is 2. The zero-order valence-corrected chi connectivity index (χ0v) is 15.7. The Kier molecular flexibility index (Phi) is 13.6. The quantitative estimate of drug-likeness (QED) is 0.225. The molecule has 0 amide bonds. The maximum Gasteiger partial charge on any atom is 0.303 e. The average molecular weight is 480 g/mol. The number of aliphatic carboxylic acids is 1.